The summed E-state index contributed by atoms with van der Waals surface area (Å²) in [6.07, 6.45) is 10.7. The number of hydrogen-bond donors (Lipinski definition) is 1. The molecule has 5 heteroatoms. The minimum atomic E-state index is -0.0571. The minimum Gasteiger partial charge on any atom is -0.454 e. The lowest BCUT2D eigenvalue weighted by atomic mass is 9.84. The van der Waals surface area contributed by atoms with Gasteiger partial charge in [0.25, 0.3) is 0 Å². The number of nitrogens with one attached hydrogen (secondary N) is 1. The fourth-order valence-electron chi connectivity index (χ4n) is 5.96. The predicted octanol–water partition coefficient (Wildman–Crippen LogP) is 6.24. The van der Waals surface area contributed by atoms with Crippen LogP contribution in [0.15, 0.2) is 77.4 Å². The normalized spacial score (nSPS) is 22.6. The Kier molecular flexibility index (Phi) is 5.33. The summed E-state index contributed by atoms with van der Waals surface area (Å²) in [5, 5.41) is 9.06. The first-order valence-corrected chi connectivity index (χ1v) is 12.3. The average molecular weight is 452 g/mol. The molecule has 0 radical (unpaired) electrons. The number of carbonyl (C=O) groups excluding carboxylic acids is 1. The third kappa shape index (κ3) is 3.96. The van der Waals surface area contributed by atoms with Crippen LogP contribution < -0.4 is 5.32 Å². The maximum Gasteiger partial charge on any atom is 0.244 e. The summed E-state index contributed by atoms with van der Waals surface area (Å²) < 4.78 is 7.93. The van der Waals surface area contributed by atoms with E-state index in [0.717, 1.165) is 34.1 Å². The fraction of sp³-hybridized carbons (Fsp3) is 0.310. The van der Waals surface area contributed by atoms with E-state index in [0.29, 0.717) is 17.4 Å². The first-order valence-electron chi connectivity index (χ1n) is 12.3. The van der Waals surface area contributed by atoms with Crippen LogP contribution in [0.1, 0.15) is 38.2 Å². The molecule has 34 heavy (non-hydrogen) atoms. The van der Waals surface area contributed by atoms with Gasteiger partial charge in [-0.15, -0.1) is 0 Å². The summed E-state index contributed by atoms with van der Waals surface area (Å²) >= 11 is 0. The summed E-state index contributed by atoms with van der Waals surface area (Å²) in [5.41, 5.74) is 3.32. The molecule has 2 aliphatic rings. The number of amides is 1. The number of para-hydroxylation sites is 2. The van der Waals surface area contributed by atoms with Gasteiger partial charge in [0, 0.05) is 29.3 Å². The van der Waals surface area contributed by atoms with E-state index in [1.807, 2.05) is 77.6 Å². The van der Waals surface area contributed by atoms with Crippen molar-refractivity contribution in [3.05, 3.63) is 78.5 Å². The topological polar surface area (TPSA) is 60.1 Å². The number of nitrogens with zero attached hydrogens (tertiary/aromatic N) is 2. The fourth-order valence-corrected chi connectivity index (χ4v) is 5.96. The smallest absolute Gasteiger partial charge is 0.244 e. The molecule has 2 aromatic heterocycles. The Morgan fingerprint density at radius 1 is 1.12 bits per heavy atom. The van der Waals surface area contributed by atoms with Crippen molar-refractivity contribution >= 4 is 23.0 Å². The second kappa shape index (κ2) is 8.64. The van der Waals surface area contributed by atoms with Crippen LogP contribution in [-0.4, -0.2) is 21.7 Å². The molecule has 2 heterocycles. The van der Waals surface area contributed by atoms with Crippen LogP contribution in [0.5, 0.6) is 0 Å². The summed E-state index contributed by atoms with van der Waals surface area (Å²) in [7, 11) is 0. The van der Waals surface area contributed by atoms with Crippen LogP contribution in [0.3, 0.4) is 0 Å². The molecule has 2 aromatic carbocycles. The van der Waals surface area contributed by atoms with Crippen LogP contribution in [0.4, 0.5) is 0 Å². The summed E-state index contributed by atoms with van der Waals surface area (Å²) in [4.78, 5) is 12.8. The van der Waals surface area contributed by atoms with Gasteiger partial charge in [0.1, 0.15) is 11.3 Å². The molecule has 0 unspecified atom stereocenters. The molecule has 0 spiro atoms. The van der Waals surface area contributed by atoms with Crippen molar-refractivity contribution in [3.63, 3.8) is 0 Å². The molecule has 4 atom stereocenters. The zero-order valence-electron chi connectivity index (χ0n) is 19.4. The lowest BCUT2D eigenvalue weighted by Gasteiger charge is -2.28. The third-order valence-electron chi connectivity index (χ3n) is 7.64. The van der Waals surface area contributed by atoms with Gasteiger partial charge in [0.2, 0.25) is 5.91 Å². The van der Waals surface area contributed by atoms with Crippen molar-refractivity contribution in [1.29, 1.82) is 0 Å². The highest BCUT2D eigenvalue weighted by atomic mass is 16.3. The Labute approximate surface area is 199 Å². The van der Waals surface area contributed by atoms with E-state index >= 15 is 0 Å². The Bertz CT molecular complexity index is 1320. The number of aromatic nitrogens is 2. The first kappa shape index (κ1) is 21.0. The monoisotopic (exact) mass is 451 g/mol. The second-order valence-corrected chi connectivity index (χ2v) is 9.83. The Hall–Kier alpha value is -3.60. The van der Waals surface area contributed by atoms with E-state index in [4.69, 9.17) is 9.52 Å². The highest BCUT2D eigenvalue weighted by Crippen LogP contribution is 2.49. The largest absolute Gasteiger partial charge is 0.454 e. The third-order valence-corrected chi connectivity index (χ3v) is 7.64. The van der Waals surface area contributed by atoms with Crippen LogP contribution in [0.25, 0.3) is 34.2 Å². The van der Waals surface area contributed by atoms with Crippen molar-refractivity contribution in [2.75, 3.05) is 0 Å². The van der Waals surface area contributed by atoms with E-state index < -0.39 is 0 Å². The van der Waals surface area contributed by atoms with Crippen LogP contribution >= 0.6 is 0 Å². The number of hydrogen-bond acceptors (Lipinski definition) is 3. The molecule has 172 valence electrons. The van der Waals surface area contributed by atoms with Crippen LogP contribution in [0, 0.1) is 17.8 Å². The number of furan rings is 1. The highest BCUT2D eigenvalue weighted by Gasteiger charge is 2.42. The molecule has 5 nitrogen and oxygen atoms in total. The van der Waals surface area contributed by atoms with E-state index in [1.165, 1.54) is 25.7 Å². The van der Waals surface area contributed by atoms with Crippen molar-refractivity contribution in [2.45, 2.75) is 38.6 Å². The van der Waals surface area contributed by atoms with Gasteiger partial charge in [-0.3, -0.25) is 4.79 Å². The quantitative estimate of drug-likeness (QED) is 0.353. The maximum atomic E-state index is 12.8. The van der Waals surface area contributed by atoms with Gasteiger partial charge >= 0.3 is 0 Å². The summed E-state index contributed by atoms with van der Waals surface area (Å²) in [5.74, 6) is 2.90. The zero-order valence-corrected chi connectivity index (χ0v) is 19.4. The van der Waals surface area contributed by atoms with Crippen molar-refractivity contribution < 1.29 is 9.21 Å². The molecule has 0 aliphatic heterocycles. The molecule has 4 aromatic rings. The standard InChI is InChI=1S/C29H29N3O2/c1-19(25-16-20-11-12-21(25)15-20)30-28(33)14-13-23-18-32(24-8-3-2-4-9-24)31-29(23)27-17-22-7-5-6-10-26(22)34-27/h2-10,13-14,17-21,25H,11-12,15-16H2,1H3,(H,30,33)/b14-13+/t19-,20-,21-,25-/m1/s1. The van der Waals surface area contributed by atoms with Gasteiger partial charge in [-0.25, -0.2) is 4.68 Å². The highest BCUT2D eigenvalue weighted by molar-refractivity contribution is 5.93. The molecule has 1 N–H and O–H groups in total. The molecular weight excluding hydrogens is 422 g/mol. The molecule has 2 fully saturated rings. The molecule has 0 saturated heterocycles. The number of benzene rings is 2. The van der Waals surface area contributed by atoms with Gasteiger partial charge in [0.05, 0.1) is 5.69 Å². The predicted molar refractivity (Wildman–Crippen MR) is 134 cm³/mol. The summed E-state index contributed by atoms with van der Waals surface area (Å²) in [6.45, 7) is 2.16. The summed E-state index contributed by atoms with van der Waals surface area (Å²) in [6, 6.07) is 20.1. The minimum absolute atomic E-state index is 0.0571. The Morgan fingerprint density at radius 2 is 1.94 bits per heavy atom. The van der Waals surface area contributed by atoms with Crippen LogP contribution in [0.2, 0.25) is 0 Å². The zero-order chi connectivity index (χ0) is 23.1. The number of fused-ring (bicyclic) bond motifs is 3. The van der Waals surface area contributed by atoms with Crippen molar-refractivity contribution in [3.8, 4) is 17.1 Å². The molecule has 1 amide bonds. The average Bonchev–Trinajstić information content (AvgIpc) is 3.65. The Balaban J connectivity index is 1.27. The van der Waals surface area contributed by atoms with Crippen molar-refractivity contribution in [1.82, 2.24) is 15.1 Å². The van der Waals surface area contributed by atoms with E-state index in [-0.39, 0.29) is 11.9 Å². The van der Waals surface area contributed by atoms with E-state index in [9.17, 15) is 4.79 Å². The SMILES string of the molecule is C[C@@H](NC(=O)/C=C/c1cn(-c2ccccc2)nc1-c1cc2ccccc2o1)[C@H]1C[C@@H]2CC[C@@H]1C2. The lowest BCUT2D eigenvalue weighted by molar-refractivity contribution is -0.117. The van der Waals surface area contributed by atoms with Gasteiger partial charge in [0.15, 0.2) is 5.76 Å². The first-order chi connectivity index (χ1) is 16.6. The molecule has 2 bridgehead atoms. The molecule has 2 saturated carbocycles. The molecule has 6 rings (SSSR count). The van der Waals surface area contributed by atoms with E-state index in [1.54, 1.807) is 6.08 Å². The number of carbonyl (C=O) groups is 1. The van der Waals surface area contributed by atoms with Gasteiger partial charge in [-0.05, 0) is 74.3 Å². The van der Waals surface area contributed by atoms with Gasteiger partial charge in [-0.1, -0.05) is 42.8 Å². The number of rotatable bonds is 6. The van der Waals surface area contributed by atoms with Gasteiger partial charge in [-0.2, -0.15) is 5.10 Å². The van der Waals surface area contributed by atoms with Crippen molar-refractivity contribution in [2.24, 2.45) is 17.8 Å². The second-order valence-electron chi connectivity index (χ2n) is 9.83. The lowest BCUT2D eigenvalue weighted by Crippen LogP contribution is -2.39. The van der Waals surface area contributed by atoms with E-state index in [2.05, 4.69) is 12.2 Å². The maximum absolute atomic E-state index is 12.8. The Morgan fingerprint density at radius 3 is 2.71 bits per heavy atom. The molecule has 2 aliphatic carbocycles. The molecular formula is C29H29N3O2. The van der Waals surface area contributed by atoms with Crippen LogP contribution in [-0.2, 0) is 4.79 Å². The van der Waals surface area contributed by atoms with Gasteiger partial charge < -0.3 is 9.73 Å².